The second kappa shape index (κ2) is 7.56. The van der Waals surface area contributed by atoms with Gasteiger partial charge in [0, 0.05) is 6.08 Å². The van der Waals surface area contributed by atoms with E-state index in [1.54, 1.807) is 6.11 Å². The predicted molar refractivity (Wildman–Crippen MR) is 82.8 cm³/mol. The van der Waals surface area contributed by atoms with E-state index in [2.05, 4.69) is 16.7 Å². The van der Waals surface area contributed by atoms with E-state index in [4.69, 9.17) is 9.84 Å². The van der Waals surface area contributed by atoms with Crippen LogP contribution in [0.5, 0.6) is 5.75 Å². The molecule has 1 aliphatic carbocycles. The molecule has 1 aromatic carbocycles. The van der Waals surface area contributed by atoms with Crippen LogP contribution in [0, 0.1) is 19.0 Å². The Labute approximate surface area is 130 Å². The van der Waals surface area contributed by atoms with E-state index in [1.165, 1.54) is 44.4 Å². The van der Waals surface area contributed by atoms with Crippen molar-refractivity contribution >= 4 is 5.97 Å². The lowest BCUT2D eigenvalue weighted by atomic mass is 9.96. The molecule has 1 aliphatic rings. The molecule has 1 saturated carbocycles. The molecule has 0 aromatic heterocycles. The lowest BCUT2D eigenvalue weighted by Gasteiger charge is -2.14. The van der Waals surface area contributed by atoms with Crippen molar-refractivity contribution in [3.63, 3.8) is 0 Å². The fraction of sp³-hybridized carbons (Fsp3) is 0.389. The van der Waals surface area contributed by atoms with Crippen molar-refractivity contribution in [1.29, 1.82) is 0 Å². The molecule has 0 heterocycles. The molecule has 2 rings (SSSR count). The maximum Gasteiger partial charge on any atom is 0.374 e. The lowest BCUT2D eigenvalue weighted by molar-refractivity contribution is -0.138. The number of carbonyl (C=O) groups is 1. The third-order valence-corrected chi connectivity index (χ3v) is 3.91. The zero-order valence-electron chi connectivity index (χ0n) is 12.9. The number of carbonyl (C=O) groups excluding carboxylic acids is 1. The van der Waals surface area contributed by atoms with Gasteiger partial charge in [0.1, 0.15) is 11.9 Å². The third-order valence-electron chi connectivity index (χ3n) is 3.91. The van der Waals surface area contributed by atoms with Gasteiger partial charge in [-0.25, -0.2) is 4.79 Å². The van der Waals surface area contributed by atoms with Crippen molar-refractivity contribution in [2.45, 2.75) is 38.5 Å². The van der Waals surface area contributed by atoms with Crippen LogP contribution in [-0.2, 0) is 9.53 Å². The maximum absolute atomic E-state index is 11.7. The van der Waals surface area contributed by atoms with Crippen LogP contribution in [0.3, 0.4) is 0 Å². The molecule has 0 atom stereocenters. The second-order valence-electron chi connectivity index (χ2n) is 5.36. The quantitative estimate of drug-likeness (QED) is 0.400. The van der Waals surface area contributed by atoms with E-state index in [0.29, 0.717) is 11.7 Å². The van der Waals surface area contributed by atoms with Crippen molar-refractivity contribution < 1.29 is 19.4 Å². The van der Waals surface area contributed by atoms with Crippen molar-refractivity contribution in [3.8, 4) is 17.8 Å². The molecular formula is C18H20O4. The smallest absolute Gasteiger partial charge is 0.374 e. The number of aliphatic hydroxyl groups excluding tert-OH is 1. The van der Waals surface area contributed by atoms with Gasteiger partial charge in [0.2, 0.25) is 5.76 Å². The molecule has 22 heavy (non-hydrogen) atoms. The van der Waals surface area contributed by atoms with Crippen molar-refractivity contribution in [3.05, 3.63) is 41.2 Å². The minimum atomic E-state index is -0.631. The average molecular weight is 300 g/mol. The van der Waals surface area contributed by atoms with Crippen LogP contribution in [0.25, 0.3) is 0 Å². The standard InChI is InChI=1S/C18H20O4/c1-13-9-10-15(14-6-3-4-7-14)12-17(13)22-16(8-5-11-19)18(20)21-2/h8-10,12,14,19H,3-4,6-7H2,1-2H3/b16-8-. The number of aliphatic hydroxyl groups is 1. The normalized spacial score (nSPS) is 15.1. The molecule has 1 aromatic rings. The van der Waals surface area contributed by atoms with Gasteiger partial charge < -0.3 is 14.6 Å². The minimum absolute atomic E-state index is 0.0456. The first-order valence-electron chi connectivity index (χ1n) is 7.37. The van der Waals surface area contributed by atoms with E-state index >= 15 is 0 Å². The molecule has 1 N–H and O–H groups in total. The molecule has 0 unspecified atom stereocenters. The highest BCUT2D eigenvalue weighted by atomic mass is 16.6. The molecule has 0 amide bonds. The second-order valence-corrected chi connectivity index (χ2v) is 5.36. The topological polar surface area (TPSA) is 55.8 Å². The third kappa shape index (κ3) is 3.82. The fourth-order valence-corrected chi connectivity index (χ4v) is 2.69. The van der Waals surface area contributed by atoms with Gasteiger partial charge in [-0.2, -0.15) is 0 Å². The first-order chi connectivity index (χ1) is 10.7. The zero-order valence-corrected chi connectivity index (χ0v) is 12.9. The molecule has 1 fully saturated rings. The summed E-state index contributed by atoms with van der Waals surface area (Å²) >= 11 is 0. The Morgan fingerprint density at radius 1 is 1.36 bits per heavy atom. The van der Waals surface area contributed by atoms with Crippen LogP contribution in [0.4, 0.5) is 0 Å². The van der Waals surface area contributed by atoms with Gasteiger partial charge in [0.15, 0.2) is 0 Å². The van der Waals surface area contributed by atoms with Gasteiger partial charge in [-0.3, -0.25) is 0 Å². The Bertz CT molecular complexity index is 628. The van der Waals surface area contributed by atoms with Gasteiger partial charge in [-0.15, -0.1) is 0 Å². The number of hydrogen-bond acceptors (Lipinski definition) is 4. The number of aryl methyl sites for hydroxylation is 1. The van der Waals surface area contributed by atoms with Gasteiger partial charge in [-0.05, 0) is 48.8 Å². The molecule has 4 heteroatoms. The van der Waals surface area contributed by atoms with Crippen LogP contribution < -0.4 is 4.74 Å². The van der Waals surface area contributed by atoms with E-state index in [9.17, 15) is 4.79 Å². The van der Waals surface area contributed by atoms with Gasteiger partial charge in [0.25, 0.3) is 0 Å². The molecule has 0 saturated heterocycles. The summed E-state index contributed by atoms with van der Waals surface area (Å²) in [5.74, 6) is 2.79. The summed E-state index contributed by atoms with van der Waals surface area (Å²) in [5, 5.41) is 8.56. The summed E-state index contributed by atoms with van der Waals surface area (Å²) < 4.78 is 10.3. The number of rotatable bonds is 4. The summed E-state index contributed by atoms with van der Waals surface area (Å²) in [4.78, 5) is 11.7. The summed E-state index contributed by atoms with van der Waals surface area (Å²) in [5.41, 5.74) is 2.16. The van der Waals surface area contributed by atoms with E-state index in [-0.39, 0.29) is 5.76 Å². The number of methoxy groups -OCH3 is 1. The molecule has 0 spiro atoms. The minimum Gasteiger partial charge on any atom is -0.463 e. The Morgan fingerprint density at radius 2 is 2.09 bits per heavy atom. The molecular weight excluding hydrogens is 280 g/mol. The van der Waals surface area contributed by atoms with Gasteiger partial charge in [-0.1, -0.05) is 25.0 Å². The molecule has 0 radical (unpaired) electrons. The lowest BCUT2D eigenvalue weighted by Crippen LogP contribution is -2.11. The first-order valence-corrected chi connectivity index (χ1v) is 7.37. The zero-order chi connectivity index (χ0) is 15.9. The van der Waals surface area contributed by atoms with Crippen molar-refractivity contribution in [2.24, 2.45) is 0 Å². The average Bonchev–Trinajstić information content (AvgIpc) is 3.06. The van der Waals surface area contributed by atoms with Crippen LogP contribution >= 0.6 is 0 Å². The van der Waals surface area contributed by atoms with E-state index in [0.717, 1.165) is 5.56 Å². The van der Waals surface area contributed by atoms with Gasteiger partial charge in [0.05, 0.1) is 7.11 Å². The van der Waals surface area contributed by atoms with Crippen LogP contribution in [0.15, 0.2) is 30.0 Å². The van der Waals surface area contributed by atoms with Crippen molar-refractivity contribution in [2.75, 3.05) is 7.11 Å². The van der Waals surface area contributed by atoms with E-state index < -0.39 is 5.97 Å². The number of allylic oxidation sites excluding steroid dienone is 1. The largest absolute Gasteiger partial charge is 0.463 e. The monoisotopic (exact) mass is 300 g/mol. The van der Waals surface area contributed by atoms with Crippen LogP contribution in [0.1, 0.15) is 42.7 Å². The van der Waals surface area contributed by atoms with Gasteiger partial charge >= 0.3 is 5.97 Å². The highest BCUT2D eigenvalue weighted by molar-refractivity contribution is 5.87. The Kier molecular flexibility index (Phi) is 5.48. The SMILES string of the molecule is COC(=O)/C(=C/C#CO)Oc1cc(C2CCCC2)ccc1C. The number of esters is 1. The summed E-state index contributed by atoms with van der Waals surface area (Å²) in [7, 11) is 1.27. The van der Waals surface area contributed by atoms with Crippen LogP contribution in [-0.4, -0.2) is 18.2 Å². The Hall–Kier alpha value is -2.41. The Balaban J connectivity index is 2.27. The van der Waals surface area contributed by atoms with E-state index in [1.807, 2.05) is 19.1 Å². The summed E-state index contributed by atoms with van der Waals surface area (Å²) in [6.07, 6.45) is 7.82. The fourth-order valence-electron chi connectivity index (χ4n) is 2.69. The predicted octanol–water partition coefficient (Wildman–Crippen LogP) is 3.42. The number of hydrogen-bond donors (Lipinski definition) is 1. The highest BCUT2D eigenvalue weighted by Crippen LogP contribution is 2.36. The number of benzene rings is 1. The highest BCUT2D eigenvalue weighted by Gasteiger charge is 2.19. The molecule has 0 bridgehead atoms. The Morgan fingerprint density at radius 3 is 2.73 bits per heavy atom. The molecule has 0 aliphatic heterocycles. The van der Waals surface area contributed by atoms with Crippen molar-refractivity contribution in [1.82, 2.24) is 0 Å². The maximum atomic E-state index is 11.7. The van der Waals surface area contributed by atoms with Crippen LogP contribution in [0.2, 0.25) is 0 Å². The number of ether oxygens (including phenoxy) is 2. The summed E-state index contributed by atoms with van der Waals surface area (Å²) in [6.45, 7) is 1.92. The molecule has 116 valence electrons. The summed E-state index contributed by atoms with van der Waals surface area (Å²) in [6, 6.07) is 6.09. The first kappa shape index (κ1) is 16.0. The molecule has 4 nitrogen and oxygen atoms in total.